The number of hydrogen-bond donors (Lipinski definition) is 3. The molecule has 42 heavy (non-hydrogen) atoms. The Bertz CT molecular complexity index is 1500. The number of rotatable bonds is 5. The first-order valence-electron chi connectivity index (χ1n) is 14.1. The minimum absolute atomic E-state index is 0.0701. The Hall–Kier alpha value is -3.86. The Kier molecular flexibility index (Phi) is 8.58. The van der Waals surface area contributed by atoms with Crippen LogP contribution in [0.2, 0.25) is 0 Å². The molecule has 0 spiro atoms. The van der Waals surface area contributed by atoms with Crippen molar-refractivity contribution in [2.24, 2.45) is 11.7 Å². The van der Waals surface area contributed by atoms with Gasteiger partial charge in [-0.15, -0.1) is 0 Å². The Labute approximate surface area is 243 Å². The maximum Gasteiger partial charge on any atom is 0.256 e. The second kappa shape index (κ2) is 12.2. The molecule has 0 radical (unpaired) electrons. The molecule has 10 heteroatoms. The predicted octanol–water partition coefficient (Wildman–Crippen LogP) is 3.96. The molecule has 2 aliphatic heterocycles. The van der Waals surface area contributed by atoms with E-state index in [0.29, 0.717) is 53.9 Å². The molecule has 3 aromatic carbocycles. The largest absolute Gasteiger partial charge is 0.497 e. The number of piperidine rings is 1. The number of ether oxygens (including phenoxy) is 1. The summed E-state index contributed by atoms with van der Waals surface area (Å²) in [5.74, 6) is -2.36. The first kappa shape index (κ1) is 29.6. The summed E-state index contributed by atoms with van der Waals surface area (Å²) in [5, 5.41) is 22.2. The van der Waals surface area contributed by atoms with Crippen LogP contribution in [0, 0.1) is 17.6 Å². The Balaban J connectivity index is 1.58. The Morgan fingerprint density at radius 2 is 1.88 bits per heavy atom. The predicted molar refractivity (Wildman–Crippen MR) is 154 cm³/mol. The third kappa shape index (κ3) is 5.49. The number of amides is 2. The molecular weight excluding hydrogens is 544 g/mol. The van der Waals surface area contributed by atoms with Crippen molar-refractivity contribution in [1.29, 1.82) is 0 Å². The average Bonchev–Trinajstić information content (AvgIpc) is 3.01. The maximum atomic E-state index is 15.7. The minimum Gasteiger partial charge on any atom is -0.497 e. The summed E-state index contributed by atoms with van der Waals surface area (Å²) in [7, 11) is 1.46. The van der Waals surface area contributed by atoms with Gasteiger partial charge in [0.2, 0.25) is 0 Å². The van der Waals surface area contributed by atoms with E-state index in [-0.39, 0.29) is 37.2 Å². The van der Waals surface area contributed by atoms with Crippen LogP contribution >= 0.6 is 0 Å². The van der Waals surface area contributed by atoms with E-state index in [0.717, 1.165) is 0 Å². The van der Waals surface area contributed by atoms with Crippen LogP contribution in [0.1, 0.15) is 47.2 Å². The first-order valence-corrected chi connectivity index (χ1v) is 14.1. The van der Waals surface area contributed by atoms with Crippen molar-refractivity contribution in [2.75, 3.05) is 38.3 Å². The number of fused-ring (bicyclic) bond motifs is 4. The number of aliphatic hydroxyl groups excluding tert-OH is 1. The molecule has 5 rings (SSSR count). The van der Waals surface area contributed by atoms with Crippen LogP contribution in [-0.2, 0) is 16.9 Å². The van der Waals surface area contributed by atoms with Crippen LogP contribution in [0.15, 0.2) is 54.6 Å². The molecule has 1 saturated heterocycles. The van der Waals surface area contributed by atoms with E-state index in [1.165, 1.54) is 35.1 Å². The molecule has 0 unspecified atom stereocenters. The van der Waals surface area contributed by atoms with Crippen molar-refractivity contribution < 1.29 is 33.3 Å². The molecule has 3 aromatic rings. The second-order valence-electron chi connectivity index (χ2n) is 10.9. The van der Waals surface area contributed by atoms with Crippen molar-refractivity contribution in [1.82, 2.24) is 4.90 Å². The quantitative estimate of drug-likeness (QED) is 0.422. The Morgan fingerprint density at radius 3 is 2.60 bits per heavy atom. The lowest BCUT2D eigenvalue weighted by molar-refractivity contribution is -0.121. The number of benzene rings is 3. The summed E-state index contributed by atoms with van der Waals surface area (Å²) in [6, 6.07) is 13.8. The molecule has 8 nitrogen and oxygen atoms in total. The summed E-state index contributed by atoms with van der Waals surface area (Å²) in [6.07, 6.45) is 1.59. The number of likely N-dealkylation sites (tertiary alicyclic amines) is 1. The molecule has 2 atom stereocenters. The lowest BCUT2D eigenvalue weighted by atomic mass is 9.71. The van der Waals surface area contributed by atoms with E-state index in [1.54, 1.807) is 36.4 Å². The number of halogens is 2. The van der Waals surface area contributed by atoms with Gasteiger partial charge in [0, 0.05) is 49.4 Å². The van der Waals surface area contributed by atoms with Gasteiger partial charge in [0.05, 0.1) is 18.3 Å². The molecule has 222 valence electrons. The highest BCUT2D eigenvalue weighted by atomic mass is 19.1. The van der Waals surface area contributed by atoms with Gasteiger partial charge in [-0.25, -0.2) is 8.78 Å². The number of methoxy groups -OCH3 is 1. The zero-order valence-electron chi connectivity index (χ0n) is 23.5. The summed E-state index contributed by atoms with van der Waals surface area (Å²) in [5.41, 5.74) is 5.92. The van der Waals surface area contributed by atoms with E-state index in [1.807, 2.05) is 0 Å². The monoisotopic (exact) mass is 579 g/mol. The van der Waals surface area contributed by atoms with Gasteiger partial charge in [-0.05, 0) is 72.7 Å². The van der Waals surface area contributed by atoms with Gasteiger partial charge in [-0.2, -0.15) is 0 Å². The fourth-order valence-corrected chi connectivity index (χ4v) is 6.31. The van der Waals surface area contributed by atoms with Crippen LogP contribution < -0.4 is 15.4 Å². The van der Waals surface area contributed by atoms with E-state index in [4.69, 9.17) is 10.5 Å². The number of anilines is 1. The average molecular weight is 580 g/mol. The summed E-state index contributed by atoms with van der Waals surface area (Å²) in [6.45, 7) is 0.136. The van der Waals surface area contributed by atoms with Gasteiger partial charge < -0.3 is 30.5 Å². The Morgan fingerprint density at radius 1 is 1.07 bits per heavy atom. The molecule has 0 aliphatic carbocycles. The first-order chi connectivity index (χ1) is 20.2. The second-order valence-corrected chi connectivity index (χ2v) is 10.9. The lowest BCUT2D eigenvalue weighted by Gasteiger charge is -2.44. The minimum atomic E-state index is -1.59. The van der Waals surface area contributed by atoms with Crippen molar-refractivity contribution >= 4 is 17.5 Å². The van der Waals surface area contributed by atoms with Gasteiger partial charge in [-0.3, -0.25) is 9.59 Å². The highest BCUT2D eigenvalue weighted by Crippen LogP contribution is 2.46. The maximum absolute atomic E-state index is 15.7. The van der Waals surface area contributed by atoms with Gasteiger partial charge >= 0.3 is 0 Å². The molecule has 2 aliphatic rings. The van der Waals surface area contributed by atoms with E-state index in [9.17, 15) is 24.2 Å². The van der Waals surface area contributed by atoms with Crippen molar-refractivity contribution in [3.05, 3.63) is 82.9 Å². The third-order valence-corrected chi connectivity index (χ3v) is 8.47. The molecule has 4 N–H and O–H groups in total. The van der Waals surface area contributed by atoms with Crippen LogP contribution in [0.3, 0.4) is 0 Å². The normalized spacial score (nSPS) is 20.6. The number of aliphatic hydroxyl groups is 2. The van der Waals surface area contributed by atoms with Crippen LogP contribution in [0.4, 0.5) is 14.5 Å². The topological polar surface area (TPSA) is 116 Å². The van der Waals surface area contributed by atoms with Gasteiger partial charge in [0.1, 0.15) is 24.0 Å². The number of carbonyl (C=O) groups is 2. The SMILES string of the molecule is COc1cc2cc(c1)N(C(=O)CO)CCC[C@](O)([C@@H]1CCCN(C(=O)c3ccc(CN)cc3F)C1)c1cccc(F)c1-2. The fraction of sp³-hybridized carbons (Fsp3) is 0.375. The molecular formula is C32H35F2N3O5. The fourth-order valence-electron chi connectivity index (χ4n) is 6.31. The van der Waals surface area contributed by atoms with E-state index >= 15 is 4.39 Å². The van der Waals surface area contributed by atoms with Crippen LogP contribution in [0.5, 0.6) is 5.75 Å². The van der Waals surface area contributed by atoms with Crippen molar-refractivity contribution in [3.63, 3.8) is 0 Å². The molecule has 2 heterocycles. The summed E-state index contributed by atoms with van der Waals surface area (Å²) < 4.78 is 36.0. The van der Waals surface area contributed by atoms with Gasteiger partial charge in [-0.1, -0.05) is 18.2 Å². The van der Waals surface area contributed by atoms with Gasteiger partial charge in [0.15, 0.2) is 0 Å². The van der Waals surface area contributed by atoms with E-state index in [2.05, 4.69) is 0 Å². The van der Waals surface area contributed by atoms with Gasteiger partial charge in [0.25, 0.3) is 11.8 Å². The zero-order chi connectivity index (χ0) is 30.0. The smallest absolute Gasteiger partial charge is 0.256 e. The van der Waals surface area contributed by atoms with Crippen molar-refractivity contribution in [3.8, 4) is 16.9 Å². The summed E-state index contributed by atoms with van der Waals surface area (Å²) >= 11 is 0. The molecule has 2 amide bonds. The number of nitrogens with zero attached hydrogens (tertiary/aromatic N) is 2. The number of nitrogens with two attached hydrogens (primary N) is 1. The number of hydrogen-bond acceptors (Lipinski definition) is 6. The number of carbonyl (C=O) groups excluding carboxylic acids is 2. The molecule has 0 saturated carbocycles. The lowest BCUT2D eigenvalue weighted by Crippen LogP contribution is -2.49. The van der Waals surface area contributed by atoms with Crippen LogP contribution in [-0.4, -0.2) is 60.3 Å². The molecule has 2 bridgehead atoms. The highest BCUT2D eigenvalue weighted by Gasteiger charge is 2.44. The highest BCUT2D eigenvalue weighted by molar-refractivity contribution is 5.96. The van der Waals surface area contributed by atoms with E-state index < -0.39 is 41.6 Å². The van der Waals surface area contributed by atoms with Crippen LogP contribution in [0.25, 0.3) is 11.1 Å². The standard InChI is InChI=1S/C32H35F2N3O5/c1-42-24-15-21-14-23(16-24)37(29(39)19-38)12-4-10-32(41,26-6-2-7-27(33)30(21)26)22-5-3-11-36(18-22)31(40)25-9-8-20(17-35)13-28(25)34/h2,6-9,13-16,22,38,41H,3-5,10-12,17-19,35H2,1H3/t22-,32+/m1/s1. The van der Waals surface area contributed by atoms with Crippen molar-refractivity contribution in [2.45, 2.75) is 37.8 Å². The molecule has 0 aromatic heterocycles. The summed E-state index contributed by atoms with van der Waals surface area (Å²) in [4.78, 5) is 29.1. The zero-order valence-corrected chi connectivity index (χ0v) is 23.5. The molecule has 1 fully saturated rings. The third-order valence-electron chi connectivity index (χ3n) is 8.47.